The van der Waals surface area contributed by atoms with E-state index in [4.69, 9.17) is 10.5 Å². The van der Waals surface area contributed by atoms with E-state index in [1.54, 1.807) is 29.2 Å². The maximum atomic E-state index is 13.9. The number of fused-ring (bicyclic) bond motifs is 4. The molecular formula is C37H45N5O5. The third-order valence-electron chi connectivity index (χ3n) is 8.98. The monoisotopic (exact) mass is 639 g/mol. The second-order valence-corrected chi connectivity index (χ2v) is 12.6. The molecule has 0 spiro atoms. The zero-order valence-corrected chi connectivity index (χ0v) is 27.0. The molecule has 2 heterocycles. The zero-order chi connectivity index (χ0) is 33.2. The van der Waals surface area contributed by atoms with Gasteiger partial charge in [0.1, 0.15) is 17.8 Å². The van der Waals surface area contributed by atoms with Crippen molar-refractivity contribution in [1.29, 1.82) is 0 Å². The molecular weight excluding hydrogens is 594 g/mol. The largest absolute Gasteiger partial charge is 0.494 e. The number of amides is 4. The Morgan fingerprint density at radius 3 is 2.60 bits per heavy atom. The standard InChI is InChI=1S/C37H45N5O5/c1-25-12-14-31-21-29(25)23-39-36(45)32(15-13-26-7-3-2-4-8-26)41-37(46)33(40-34(43)20-28-9-5-11-30(38)19-28)22-35(44)42-17-6-10-27(24-42)16-18-47-31/h2-5,7-9,11-12,14,19,21,27,32-33H,6,10,13,15-18,20,22-24,38H2,1H3,(H,39,45)(H,40,43)(H,41,46)/t27?,32-,33-/m0/s1. The van der Waals surface area contributed by atoms with Crippen LogP contribution >= 0.6 is 0 Å². The Morgan fingerprint density at radius 2 is 1.79 bits per heavy atom. The van der Waals surface area contributed by atoms with Crippen molar-refractivity contribution in [3.8, 4) is 5.75 Å². The molecule has 4 amide bonds. The van der Waals surface area contributed by atoms with Crippen molar-refractivity contribution in [2.75, 3.05) is 25.4 Å². The second kappa shape index (κ2) is 16.1. The Hall–Kier alpha value is -4.86. The summed E-state index contributed by atoms with van der Waals surface area (Å²) in [7, 11) is 0. The van der Waals surface area contributed by atoms with Gasteiger partial charge in [0, 0.05) is 25.3 Å². The number of anilines is 1. The average molecular weight is 640 g/mol. The van der Waals surface area contributed by atoms with Crippen LogP contribution in [-0.4, -0.2) is 60.3 Å². The van der Waals surface area contributed by atoms with Crippen molar-refractivity contribution in [2.45, 2.75) is 70.5 Å². The molecule has 5 rings (SSSR count). The summed E-state index contributed by atoms with van der Waals surface area (Å²) in [5.41, 5.74) is 10.1. The fraction of sp³-hybridized carbons (Fsp3) is 0.405. The first-order valence-corrected chi connectivity index (χ1v) is 16.5. The molecule has 3 atom stereocenters. The Balaban J connectivity index is 1.40. The van der Waals surface area contributed by atoms with Crippen LogP contribution in [0.15, 0.2) is 72.8 Å². The summed E-state index contributed by atoms with van der Waals surface area (Å²) in [6.07, 6.45) is 3.28. The third kappa shape index (κ3) is 9.81. The molecule has 4 bridgehead atoms. The van der Waals surface area contributed by atoms with E-state index in [2.05, 4.69) is 16.0 Å². The lowest BCUT2D eigenvalue weighted by Crippen LogP contribution is -2.55. The number of nitrogens with zero attached hydrogens (tertiary/aromatic N) is 1. The number of nitrogen functional groups attached to an aromatic ring is 1. The molecule has 0 radical (unpaired) electrons. The van der Waals surface area contributed by atoms with Gasteiger partial charge in [-0.3, -0.25) is 19.2 Å². The van der Waals surface area contributed by atoms with Crippen LogP contribution in [-0.2, 0) is 38.6 Å². The molecule has 0 saturated carbocycles. The summed E-state index contributed by atoms with van der Waals surface area (Å²) in [6, 6.07) is 20.5. The van der Waals surface area contributed by atoms with Gasteiger partial charge in [-0.25, -0.2) is 0 Å². The van der Waals surface area contributed by atoms with E-state index in [1.165, 1.54) is 0 Å². The second-order valence-electron chi connectivity index (χ2n) is 12.6. The van der Waals surface area contributed by atoms with E-state index >= 15 is 0 Å². The van der Waals surface area contributed by atoms with Crippen LogP contribution in [0, 0.1) is 12.8 Å². The molecule has 3 aromatic carbocycles. The first-order chi connectivity index (χ1) is 22.7. The van der Waals surface area contributed by atoms with E-state index in [0.717, 1.165) is 41.7 Å². The van der Waals surface area contributed by atoms with Gasteiger partial charge in [-0.2, -0.15) is 0 Å². The van der Waals surface area contributed by atoms with Crippen LogP contribution < -0.4 is 26.4 Å². The molecule has 2 aliphatic rings. The highest BCUT2D eigenvalue weighted by Crippen LogP contribution is 2.23. The molecule has 248 valence electrons. The molecule has 0 aliphatic carbocycles. The van der Waals surface area contributed by atoms with Crippen molar-refractivity contribution < 1.29 is 23.9 Å². The average Bonchev–Trinajstić information content (AvgIpc) is 3.06. The lowest BCUT2D eigenvalue weighted by atomic mass is 9.94. The van der Waals surface area contributed by atoms with E-state index < -0.39 is 23.9 Å². The summed E-state index contributed by atoms with van der Waals surface area (Å²) in [5, 5.41) is 8.67. The Morgan fingerprint density at radius 1 is 0.979 bits per heavy atom. The van der Waals surface area contributed by atoms with Crippen LogP contribution in [0.3, 0.4) is 0 Å². The van der Waals surface area contributed by atoms with E-state index in [-0.39, 0.29) is 37.1 Å². The normalized spacial score (nSPS) is 21.0. The zero-order valence-electron chi connectivity index (χ0n) is 27.0. The number of aryl methyl sites for hydroxylation is 2. The van der Waals surface area contributed by atoms with Crippen LogP contribution in [0.1, 0.15) is 54.4 Å². The molecule has 1 saturated heterocycles. The summed E-state index contributed by atoms with van der Waals surface area (Å²) < 4.78 is 6.10. The molecule has 10 nitrogen and oxygen atoms in total. The predicted molar refractivity (Wildman–Crippen MR) is 180 cm³/mol. The molecule has 5 N–H and O–H groups in total. The first-order valence-electron chi connectivity index (χ1n) is 16.5. The summed E-state index contributed by atoms with van der Waals surface area (Å²) in [4.78, 5) is 56.2. The fourth-order valence-electron chi connectivity index (χ4n) is 6.25. The molecule has 10 heteroatoms. The van der Waals surface area contributed by atoms with Gasteiger partial charge in [-0.15, -0.1) is 0 Å². The van der Waals surface area contributed by atoms with Crippen LogP contribution in [0.5, 0.6) is 5.75 Å². The van der Waals surface area contributed by atoms with Crippen LogP contribution in [0.25, 0.3) is 0 Å². The summed E-state index contributed by atoms with van der Waals surface area (Å²) in [6.45, 7) is 3.90. The highest BCUT2D eigenvalue weighted by Gasteiger charge is 2.32. The van der Waals surface area contributed by atoms with Gasteiger partial charge in [0.2, 0.25) is 23.6 Å². The number of piperidine rings is 1. The summed E-state index contributed by atoms with van der Waals surface area (Å²) in [5.74, 6) is -0.557. The number of carbonyl (C=O) groups excluding carboxylic acids is 4. The van der Waals surface area contributed by atoms with Crippen molar-refractivity contribution >= 4 is 29.3 Å². The topological polar surface area (TPSA) is 143 Å². The minimum Gasteiger partial charge on any atom is -0.494 e. The number of nitrogens with one attached hydrogen (secondary N) is 3. The summed E-state index contributed by atoms with van der Waals surface area (Å²) >= 11 is 0. The van der Waals surface area contributed by atoms with Crippen LogP contribution in [0.4, 0.5) is 5.69 Å². The fourth-order valence-corrected chi connectivity index (χ4v) is 6.25. The molecule has 0 aromatic heterocycles. The number of ether oxygens (including phenoxy) is 1. The van der Waals surface area contributed by atoms with Gasteiger partial charge >= 0.3 is 0 Å². The van der Waals surface area contributed by atoms with Gasteiger partial charge in [-0.05, 0) is 91.5 Å². The molecule has 1 unspecified atom stereocenters. The number of carbonyl (C=O) groups is 4. The molecule has 1 fully saturated rings. The lowest BCUT2D eigenvalue weighted by molar-refractivity contribution is -0.138. The smallest absolute Gasteiger partial charge is 0.243 e. The van der Waals surface area contributed by atoms with Crippen molar-refractivity contribution in [3.63, 3.8) is 0 Å². The molecule has 3 aromatic rings. The Bertz CT molecular complexity index is 1560. The van der Waals surface area contributed by atoms with Crippen molar-refractivity contribution in [3.05, 3.63) is 95.1 Å². The van der Waals surface area contributed by atoms with E-state index in [9.17, 15) is 19.2 Å². The van der Waals surface area contributed by atoms with Crippen molar-refractivity contribution in [1.82, 2.24) is 20.9 Å². The van der Waals surface area contributed by atoms with Gasteiger partial charge in [0.05, 0.1) is 19.4 Å². The highest BCUT2D eigenvalue weighted by atomic mass is 16.5. The number of hydrogen-bond acceptors (Lipinski definition) is 6. The third-order valence-corrected chi connectivity index (χ3v) is 8.98. The highest BCUT2D eigenvalue weighted by molar-refractivity contribution is 5.95. The molecule has 47 heavy (non-hydrogen) atoms. The SMILES string of the molecule is Cc1ccc2cc1CNC(=O)[C@H](CCc1ccccc1)NC(=O)[C@@H](NC(=O)Cc1cccc(N)c1)CC(=O)N1CCCC(CCO2)C1. The van der Waals surface area contributed by atoms with Crippen molar-refractivity contribution in [2.24, 2.45) is 5.92 Å². The predicted octanol–water partition coefficient (Wildman–Crippen LogP) is 3.45. The van der Waals surface area contributed by atoms with E-state index in [0.29, 0.717) is 43.8 Å². The molecule has 2 aliphatic heterocycles. The number of nitrogens with two attached hydrogens (primary N) is 1. The minimum atomic E-state index is -1.16. The van der Waals surface area contributed by atoms with Gasteiger partial charge in [-0.1, -0.05) is 48.5 Å². The number of hydrogen-bond donors (Lipinski definition) is 4. The maximum absolute atomic E-state index is 13.9. The quantitative estimate of drug-likeness (QED) is 0.305. The van der Waals surface area contributed by atoms with E-state index in [1.807, 2.05) is 55.5 Å². The van der Waals surface area contributed by atoms with Gasteiger partial charge in [0.25, 0.3) is 0 Å². The Kier molecular flexibility index (Phi) is 11.5. The lowest BCUT2D eigenvalue weighted by Gasteiger charge is -2.34. The first kappa shape index (κ1) is 33.5. The Labute approximate surface area is 276 Å². The number of benzene rings is 3. The number of rotatable bonds is 6. The maximum Gasteiger partial charge on any atom is 0.243 e. The minimum absolute atomic E-state index is 0.00879. The van der Waals surface area contributed by atoms with Crippen LogP contribution in [0.2, 0.25) is 0 Å². The van der Waals surface area contributed by atoms with Gasteiger partial charge in [0.15, 0.2) is 0 Å². The van der Waals surface area contributed by atoms with Gasteiger partial charge < -0.3 is 31.3 Å².